The summed E-state index contributed by atoms with van der Waals surface area (Å²) in [6, 6.07) is 7.26. The Morgan fingerprint density at radius 1 is 1.24 bits per heavy atom. The average molecular weight is 351 g/mol. The van der Waals surface area contributed by atoms with Crippen LogP contribution in [0.25, 0.3) is 0 Å². The zero-order valence-corrected chi connectivity index (χ0v) is 15.7. The van der Waals surface area contributed by atoms with Gasteiger partial charge in [-0.2, -0.15) is 0 Å². The Labute approximate surface area is 149 Å². The third kappa shape index (κ3) is 9.59. The first-order chi connectivity index (χ1) is 11.5. The van der Waals surface area contributed by atoms with Crippen LogP contribution in [0.15, 0.2) is 24.3 Å². The normalized spacial score (nSPS) is 12.6. The fourth-order valence-corrected chi connectivity index (χ4v) is 2.30. The van der Waals surface area contributed by atoms with Crippen molar-refractivity contribution < 1.29 is 24.2 Å². The molecular weight excluding hydrogens is 322 g/mol. The van der Waals surface area contributed by atoms with E-state index in [1.165, 1.54) is 0 Å². The minimum atomic E-state index is -0.895. The number of rotatable bonds is 8. The highest BCUT2D eigenvalue weighted by molar-refractivity contribution is 5.69. The molecule has 0 radical (unpaired) electrons. The zero-order valence-electron chi connectivity index (χ0n) is 15.7. The van der Waals surface area contributed by atoms with Gasteiger partial charge in [0.15, 0.2) is 0 Å². The molecule has 2 N–H and O–H groups in total. The number of aliphatic carboxylic acids is 1. The number of nitrogens with one attached hydrogen (secondary N) is 1. The van der Waals surface area contributed by atoms with Gasteiger partial charge in [-0.3, -0.25) is 4.79 Å². The summed E-state index contributed by atoms with van der Waals surface area (Å²) in [5.41, 5.74) is 0.358. The lowest BCUT2D eigenvalue weighted by Gasteiger charge is -2.23. The molecule has 1 atom stereocenters. The standard InChI is InChI=1S/C19H29NO5/c1-13(2)24-16-8-6-7-14(12-16)11-15(9-10-17(21)22)20-18(23)25-19(3,4)5/h6-8,12-13,15H,9-11H2,1-5H3,(H,20,23)(H,21,22). The highest BCUT2D eigenvalue weighted by Gasteiger charge is 2.20. The van der Waals surface area contributed by atoms with Crippen LogP contribution in [0.3, 0.4) is 0 Å². The maximum Gasteiger partial charge on any atom is 0.407 e. The van der Waals surface area contributed by atoms with Crippen molar-refractivity contribution in [3.05, 3.63) is 29.8 Å². The molecule has 0 saturated carbocycles. The Bertz CT molecular complexity index is 577. The number of alkyl carbamates (subject to hydrolysis) is 1. The van der Waals surface area contributed by atoms with Gasteiger partial charge in [-0.15, -0.1) is 0 Å². The van der Waals surface area contributed by atoms with Crippen LogP contribution in [0.5, 0.6) is 5.75 Å². The molecule has 0 heterocycles. The molecule has 6 heteroatoms. The Kier molecular flexibility index (Phi) is 7.74. The average Bonchev–Trinajstić information content (AvgIpc) is 2.42. The fraction of sp³-hybridized carbons (Fsp3) is 0.579. The largest absolute Gasteiger partial charge is 0.491 e. The molecule has 0 aliphatic heterocycles. The summed E-state index contributed by atoms with van der Waals surface area (Å²) in [6.07, 6.45) is 0.323. The van der Waals surface area contributed by atoms with Gasteiger partial charge in [0.1, 0.15) is 11.4 Å². The van der Waals surface area contributed by atoms with Gasteiger partial charge in [-0.25, -0.2) is 4.79 Å². The lowest BCUT2D eigenvalue weighted by atomic mass is 10.0. The zero-order chi connectivity index (χ0) is 19.0. The molecule has 0 fully saturated rings. The number of hydrogen-bond donors (Lipinski definition) is 2. The molecule has 1 amide bonds. The van der Waals surface area contributed by atoms with E-state index in [0.717, 1.165) is 11.3 Å². The first-order valence-electron chi connectivity index (χ1n) is 8.52. The fourth-order valence-electron chi connectivity index (χ4n) is 2.30. The van der Waals surface area contributed by atoms with Crippen LogP contribution >= 0.6 is 0 Å². The second-order valence-corrected chi connectivity index (χ2v) is 7.29. The minimum absolute atomic E-state index is 0.0251. The summed E-state index contributed by atoms with van der Waals surface area (Å²) < 4.78 is 10.9. The molecule has 0 spiro atoms. The molecule has 1 unspecified atom stereocenters. The Balaban J connectivity index is 2.78. The Hall–Kier alpha value is -2.24. The summed E-state index contributed by atoms with van der Waals surface area (Å²) in [5.74, 6) is -0.144. The lowest BCUT2D eigenvalue weighted by molar-refractivity contribution is -0.137. The molecule has 6 nitrogen and oxygen atoms in total. The summed E-state index contributed by atoms with van der Waals surface area (Å²) in [5, 5.41) is 11.7. The van der Waals surface area contributed by atoms with Gasteiger partial charge < -0.3 is 19.9 Å². The SMILES string of the molecule is CC(C)Oc1cccc(CC(CCC(=O)O)NC(=O)OC(C)(C)C)c1. The van der Waals surface area contributed by atoms with Gasteiger partial charge in [0, 0.05) is 12.5 Å². The van der Waals surface area contributed by atoms with Crippen molar-refractivity contribution >= 4 is 12.1 Å². The number of carboxylic acid groups (broad SMARTS) is 1. The molecule has 0 aliphatic rings. The number of carboxylic acids is 1. The summed E-state index contributed by atoms with van der Waals surface area (Å²) in [4.78, 5) is 22.9. The molecule has 0 aliphatic carbocycles. The van der Waals surface area contributed by atoms with E-state index in [0.29, 0.717) is 12.8 Å². The second-order valence-electron chi connectivity index (χ2n) is 7.29. The number of benzene rings is 1. The maximum absolute atomic E-state index is 12.0. The van der Waals surface area contributed by atoms with E-state index in [1.807, 2.05) is 38.1 Å². The predicted octanol–water partition coefficient (Wildman–Crippen LogP) is 3.77. The van der Waals surface area contributed by atoms with Gasteiger partial charge in [0.05, 0.1) is 6.10 Å². The van der Waals surface area contributed by atoms with Gasteiger partial charge in [0.2, 0.25) is 0 Å². The number of ether oxygens (including phenoxy) is 2. The van der Waals surface area contributed by atoms with E-state index in [1.54, 1.807) is 20.8 Å². The second kappa shape index (κ2) is 9.30. The van der Waals surface area contributed by atoms with E-state index >= 15 is 0 Å². The van der Waals surface area contributed by atoms with Crippen LogP contribution in [-0.2, 0) is 16.0 Å². The molecule has 0 saturated heterocycles. The number of carbonyl (C=O) groups excluding carboxylic acids is 1. The first kappa shape index (κ1) is 20.8. The van der Waals surface area contributed by atoms with E-state index in [2.05, 4.69) is 5.32 Å². The van der Waals surface area contributed by atoms with Gasteiger partial charge in [-0.1, -0.05) is 12.1 Å². The molecule has 1 aromatic rings. The van der Waals surface area contributed by atoms with Crippen molar-refractivity contribution in [2.45, 2.75) is 71.6 Å². The topological polar surface area (TPSA) is 84.9 Å². The third-order valence-electron chi connectivity index (χ3n) is 3.18. The Morgan fingerprint density at radius 2 is 1.92 bits per heavy atom. The van der Waals surface area contributed by atoms with Gasteiger partial charge >= 0.3 is 12.1 Å². The van der Waals surface area contributed by atoms with Gasteiger partial charge in [0.25, 0.3) is 0 Å². The summed E-state index contributed by atoms with van der Waals surface area (Å²) in [7, 11) is 0. The van der Waals surface area contributed by atoms with Crippen molar-refractivity contribution in [1.82, 2.24) is 5.32 Å². The molecule has 0 bridgehead atoms. The predicted molar refractivity (Wildman–Crippen MR) is 95.9 cm³/mol. The Morgan fingerprint density at radius 3 is 2.48 bits per heavy atom. The third-order valence-corrected chi connectivity index (χ3v) is 3.18. The molecule has 1 aromatic carbocycles. The van der Waals surface area contributed by atoms with E-state index in [-0.39, 0.29) is 18.6 Å². The first-order valence-corrected chi connectivity index (χ1v) is 8.52. The van der Waals surface area contributed by atoms with Crippen LogP contribution in [0.1, 0.15) is 53.0 Å². The number of carbonyl (C=O) groups is 2. The van der Waals surface area contributed by atoms with Crippen molar-refractivity contribution in [2.24, 2.45) is 0 Å². The van der Waals surface area contributed by atoms with Crippen LogP contribution in [0.4, 0.5) is 4.79 Å². The van der Waals surface area contributed by atoms with E-state index in [4.69, 9.17) is 14.6 Å². The van der Waals surface area contributed by atoms with Gasteiger partial charge in [-0.05, 0) is 65.2 Å². The van der Waals surface area contributed by atoms with Crippen LogP contribution < -0.4 is 10.1 Å². The molecule has 25 heavy (non-hydrogen) atoms. The van der Waals surface area contributed by atoms with Crippen molar-refractivity contribution in [3.8, 4) is 5.75 Å². The van der Waals surface area contributed by atoms with Crippen LogP contribution in [0.2, 0.25) is 0 Å². The smallest absolute Gasteiger partial charge is 0.407 e. The van der Waals surface area contributed by atoms with E-state index < -0.39 is 17.7 Å². The molecule has 1 rings (SSSR count). The molecule has 0 aromatic heterocycles. The lowest BCUT2D eigenvalue weighted by Crippen LogP contribution is -2.40. The van der Waals surface area contributed by atoms with E-state index in [9.17, 15) is 9.59 Å². The van der Waals surface area contributed by atoms with Crippen LogP contribution in [0, 0.1) is 0 Å². The summed E-state index contributed by atoms with van der Waals surface area (Å²) >= 11 is 0. The maximum atomic E-state index is 12.0. The monoisotopic (exact) mass is 351 g/mol. The highest BCUT2D eigenvalue weighted by Crippen LogP contribution is 2.18. The molecular formula is C19H29NO5. The molecule has 140 valence electrons. The minimum Gasteiger partial charge on any atom is -0.491 e. The van der Waals surface area contributed by atoms with Crippen molar-refractivity contribution in [3.63, 3.8) is 0 Å². The quantitative estimate of drug-likeness (QED) is 0.744. The van der Waals surface area contributed by atoms with Crippen LogP contribution in [-0.4, -0.2) is 34.9 Å². The number of amides is 1. The highest BCUT2D eigenvalue weighted by atomic mass is 16.6. The number of hydrogen-bond acceptors (Lipinski definition) is 4. The summed E-state index contributed by atoms with van der Waals surface area (Å²) in [6.45, 7) is 9.25. The van der Waals surface area contributed by atoms with Crippen molar-refractivity contribution in [2.75, 3.05) is 0 Å². The van der Waals surface area contributed by atoms with Crippen molar-refractivity contribution in [1.29, 1.82) is 0 Å².